The molecule has 3 aliphatic carbocycles. The van der Waals surface area contributed by atoms with Crippen molar-refractivity contribution in [2.75, 3.05) is 34.3 Å². The Hall–Kier alpha value is -3.15. The van der Waals surface area contributed by atoms with Gasteiger partial charge >= 0.3 is 0 Å². The van der Waals surface area contributed by atoms with Gasteiger partial charge in [-0.1, -0.05) is 6.92 Å². The number of benzene rings is 1. The Balaban J connectivity index is 1.59. The molecule has 1 amide bonds. The minimum atomic E-state index is -2.73. The van der Waals surface area contributed by atoms with Gasteiger partial charge in [-0.05, 0) is 44.8 Å². The molecule has 0 aromatic heterocycles. The summed E-state index contributed by atoms with van der Waals surface area (Å²) in [5.74, 6) is -9.54. The van der Waals surface area contributed by atoms with E-state index in [4.69, 9.17) is 10.5 Å². The van der Waals surface area contributed by atoms with Crippen molar-refractivity contribution >= 4 is 29.0 Å². The fourth-order valence-corrected chi connectivity index (χ4v) is 7.29. The maximum absolute atomic E-state index is 13.9. The van der Waals surface area contributed by atoms with Gasteiger partial charge in [-0.15, -0.1) is 0 Å². The van der Waals surface area contributed by atoms with E-state index in [0.29, 0.717) is 23.8 Å². The van der Waals surface area contributed by atoms with E-state index in [-0.39, 0.29) is 24.2 Å². The molecule has 5 rings (SSSR count). The van der Waals surface area contributed by atoms with Gasteiger partial charge in [0, 0.05) is 36.7 Å². The lowest BCUT2D eigenvalue weighted by molar-refractivity contribution is -0.181. The van der Waals surface area contributed by atoms with Crippen LogP contribution in [0, 0.1) is 29.6 Å². The van der Waals surface area contributed by atoms with Gasteiger partial charge in [-0.25, -0.2) is 0 Å². The van der Waals surface area contributed by atoms with E-state index in [9.17, 15) is 34.2 Å². The van der Waals surface area contributed by atoms with E-state index in [0.717, 1.165) is 18.7 Å². The maximum Gasteiger partial charge on any atom is 0.235 e. The van der Waals surface area contributed by atoms with Crippen LogP contribution < -0.4 is 10.5 Å². The van der Waals surface area contributed by atoms with Gasteiger partial charge in [-0.2, -0.15) is 0 Å². The van der Waals surface area contributed by atoms with Crippen molar-refractivity contribution in [2.24, 2.45) is 35.3 Å². The van der Waals surface area contributed by atoms with E-state index in [1.165, 1.54) is 18.1 Å². The number of likely N-dealkylation sites (N-methyl/N-ethyl adjacent to an activating group) is 1. The highest BCUT2D eigenvalue weighted by Gasteiger charge is 2.69. The fourth-order valence-electron chi connectivity index (χ4n) is 7.29. The molecule has 38 heavy (non-hydrogen) atoms. The third-order valence-corrected chi connectivity index (χ3v) is 8.83. The zero-order valence-electron chi connectivity index (χ0n) is 21.9. The molecule has 0 radical (unpaired) electrons. The predicted octanol–water partition coefficient (Wildman–Crippen LogP) is -0.673. The number of carbonyl (C=O) groups is 5. The van der Waals surface area contributed by atoms with Gasteiger partial charge in [0.2, 0.25) is 5.91 Å². The highest BCUT2D eigenvalue weighted by Crippen LogP contribution is 2.52. The molecule has 1 saturated heterocycles. The quantitative estimate of drug-likeness (QED) is 0.418. The van der Waals surface area contributed by atoms with Crippen molar-refractivity contribution < 1.29 is 38.9 Å². The van der Waals surface area contributed by atoms with E-state index in [1.54, 1.807) is 14.1 Å². The van der Waals surface area contributed by atoms with Crippen molar-refractivity contribution in [3.63, 3.8) is 0 Å². The second-order valence-electron chi connectivity index (χ2n) is 11.5. The van der Waals surface area contributed by atoms with Crippen LogP contribution in [-0.2, 0) is 32.1 Å². The number of carbonyl (C=O) groups excluding carboxylic acids is 5. The number of nitrogens with two attached hydrogens (primary N) is 1. The zero-order valence-corrected chi connectivity index (χ0v) is 21.9. The van der Waals surface area contributed by atoms with Gasteiger partial charge < -0.3 is 20.7 Å². The molecule has 1 aliphatic heterocycles. The van der Waals surface area contributed by atoms with Crippen LogP contribution in [0.2, 0.25) is 0 Å². The molecule has 4 N–H and O–H groups in total. The smallest absolute Gasteiger partial charge is 0.235 e. The molecule has 204 valence electrons. The number of amides is 1. The van der Waals surface area contributed by atoms with Crippen LogP contribution in [0.3, 0.4) is 0 Å². The molecule has 6 atom stereocenters. The lowest BCUT2D eigenvalue weighted by Gasteiger charge is -2.52. The summed E-state index contributed by atoms with van der Waals surface area (Å²) in [6.07, 6.45) is 0.175. The van der Waals surface area contributed by atoms with Crippen LogP contribution in [0.5, 0.6) is 11.5 Å². The first-order chi connectivity index (χ1) is 17.8. The number of phenols is 1. The molecule has 0 bridgehead atoms. The predicted molar refractivity (Wildman–Crippen MR) is 132 cm³/mol. The van der Waals surface area contributed by atoms with Crippen molar-refractivity contribution in [1.82, 2.24) is 9.80 Å². The first-order valence-electron chi connectivity index (χ1n) is 12.8. The van der Waals surface area contributed by atoms with Crippen molar-refractivity contribution in [1.29, 1.82) is 0 Å². The highest BCUT2D eigenvalue weighted by atomic mass is 16.5. The number of primary amides is 1. The largest absolute Gasteiger partial charge is 0.507 e. The Labute approximate surface area is 219 Å². The maximum atomic E-state index is 13.9. The number of phenolic OH excluding ortho intramolecular Hbond substituents is 1. The number of aliphatic hydroxyl groups is 1. The number of methoxy groups -OCH3 is 1. The number of fused-ring (bicyclic) bond motifs is 3. The summed E-state index contributed by atoms with van der Waals surface area (Å²) in [5, 5.41) is 22.6. The van der Waals surface area contributed by atoms with Crippen LogP contribution in [0.15, 0.2) is 6.07 Å². The standard InChI is InChI=1S/C27H33N3O8/c1-11-8-30(9-11)10-13-7-16(31)18-14(23(13)38-4)5-12-6-15-20(29(2)3)22(33)19(26(28)36)25(35)27(15,37)24(34)17(12)21(18)32/h7,11-12,15,17,19-20,31,37H,5-6,8-10H2,1-4H3,(H2,28,36)/t12-,15-,17?,19?,20-,27-/m0/s1. The summed E-state index contributed by atoms with van der Waals surface area (Å²) < 4.78 is 5.72. The molecule has 11 nitrogen and oxygen atoms in total. The van der Waals surface area contributed by atoms with E-state index in [2.05, 4.69) is 11.8 Å². The van der Waals surface area contributed by atoms with Crippen LogP contribution in [0.25, 0.3) is 0 Å². The Morgan fingerprint density at radius 1 is 1.21 bits per heavy atom. The lowest BCUT2D eigenvalue weighted by atomic mass is 9.52. The van der Waals surface area contributed by atoms with Crippen molar-refractivity contribution in [3.8, 4) is 11.5 Å². The molecule has 11 heteroatoms. The first kappa shape index (κ1) is 26.5. The van der Waals surface area contributed by atoms with Gasteiger partial charge in [0.1, 0.15) is 11.5 Å². The molecular weight excluding hydrogens is 494 g/mol. The van der Waals surface area contributed by atoms with Crippen molar-refractivity contribution in [3.05, 3.63) is 22.8 Å². The summed E-state index contributed by atoms with van der Waals surface area (Å²) in [6.45, 7) is 4.48. The average molecular weight is 528 g/mol. The molecule has 1 aromatic carbocycles. The van der Waals surface area contributed by atoms with Crippen molar-refractivity contribution in [2.45, 2.75) is 38.0 Å². The number of nitrogens with zero attached hydrogens (tertiary/aromatic N) is 2. The van der Waals surface area contributed by atoms with E-state index >= 15 is 0 Å². The third kappa shape index (κ3) is 3.55. The van der Waals surface area contributed by atoms with Crippen LogP contribution >= 0.6 is 0 Å². The summed E-state index contributed by atoms with van der Waals surface area (Å²) >= 11 is 0. The molecule has 3 fully saturated rings. The zero-order chi connectivity index (χ0) is 27.8. The summed E-state index contributed by atoms with van der Waals surface area (Å²) in [7, 11) is 4.60. The number of rotatable bonds is 5. The van der Waals surface area contributed by atoms with Crippen LogP contribution in [-0.4, -0.2) is 95.0 Å². The molecule has 0 spiro atoms. The van der Waals surface area contributed by atoms with Gasteiger partial charge in [-0.3, -0.25) is 33.8 Å². The number of hydrogen-bond donors (Lipinski definition) is 3. The monoisotopic (exact) mass is 527 g/mol. The second-order valence-corrected chi connectivity index (χ2v) is 11.5. The number of ketones is 4. The van der Waals surface area contributed by atoms with E-state index < -0.39 is 64.4 Å². The number of hydrogen-bond acceptors (Lipinski definition) is 10. The highest BCUT2D eigenvalue weighted by molar-refractivity contribution is 6.32. The van der Waals surface area contributed by atoms with Gasteiger partial charge in [0.25, 0.3) is 0 Å². The molecule has 1 aromatic rings. The fraction of sp³-hybridized carbons (Fsp3) is 0.593. The third-order valence-electron chi connectivity index (χ3n) is 8.83. The Morgan fingerprint density at radius 2 is 1.87 bits per heavy atom. The van der Waals surface area contributed by atoms with Gasteiger partial charge in [0.15, 0.2) is 34.7 Å². The second kappa shape index (κ2) is 8.96. The topological polar surface area (TPSA) is 168 Å². The van der Waals surface area contributed by atoms with Crippen LogP contribution in [0.4, 0.5) is 0 Å². The summed E-state index contributed by atoms with van der Waals surface area (Å²) in [6, 6.07) is 0.339. The number of likely N-dealkylation sites (tertiary alicyclic amines) is 1. The first-order valence-corrected chi connectivity index (χ1v) is 12.8. The Bertz CT molecular complexity index is 1270. The molecular formula is C27H33N3O8. The van der Waals surface area contributed by atoms with E-state index in [1.807, 2.05) is 0 Å². The number of ether oxygens (including phenoxy) is 1. The minimum absolute atomic E-state index is 0.00167. The number of aromatic hydroxyl groups is 1. The molecule has 2 saturated carbocycles. The average Bonchev–Trinajstić information content (AvgIpc) is 2.80. The summed E-state index contributed by atoms with van der Waals surface area (Å²) in [4.78, 5) is 69.9. The minimum Gasteiger partial charge on any atom is -0.507 e. The summed E-state index contributed by atoms with van der Waals surface area (Å²) in [5.41, 5.74) is 3.75. The SMILES string of the molecule is COc1c(CN2CC(C)C2)cc(O)c2c1C[C@H]1C[C@H]3[C@H](N(C)C)C(=O)C(C(N)=O)C(=O)[C@@]3(O)C(=O)C1C2=O. The van der Waals surface area contributed by atoms with Crippen LogP contribution in [0.1, 0.15) is 34.8 Å². The Morgan fingerprint density at radius 3 is 2.42 bits per heavy atom. The molecule has 1 heterocycles. The lowest BCUT2D eigenvalue weighted by Crippen LogP contribution is -2.74. The Kier molecular flexibility index (Phi) is 6.24. The molecule has 4 aliphatic rings. The normalized spacial score (nSPS) is 33.5. The van der Waals surface area contributed by atoms with Gasteiger partial charge in [0.05, 0.1) is 24.6 Å². The number of Topliss-reactive ketones (excluding diaryl/α,β-unsaturated/α-hetero) is 4. The molecule has 2 unspecified atom stereocenters.